The van der Waals surface area contributed by atoms with Crippen molar-refractivity contribution in [3.63, 3.8) is 0 Å². The van der Waals surface area contributed by atoms with Crippen molar-refractivity contribution in [2.24, 2.45) is 5.73 Å². The number of rotatable bonds is 5. The lowest BCUT2D eigenvalue weighted by molar-refractivity contribution is -0.122. The largest absolute Gasteiger partial charge is 0.465 e. The Labute approximate surface area is 104 Å². The zero-order valence-corrected chi connectivity index (χ0v) is 9.67. The van der Waals surface area contributed by atoms with Crippen molar-refractivity contribution in [1.82, 2.24) is 0 Å². The molecule has 2 rings (SSSR count). The molecule has 18 heavy (non-hydrogen) atoms. The van der Waals surface area contributed by atoms with E-state index in [2.05, 4.69) is 0 Å². The normalized spacial score (nSPS) is 13.4. The molecule has 1 aromatic rings. The van der Waals surface area contributed by atoms with Crippen LogP contribution in [0.4, 0.5) is 0 Å². The minimum atomic E-state index is -0.476. The summed E-state index contributed by atoms with van der Waals surface area (Å²) in [6.07, 6.45) is 4.45. The van der Waals surface area contributed by atoms with Crippen molar-refractivity contribution < 1.29 is 19.0 Å². The Balaban J connectivity index is 1.93. The van der Waals surface area contributed by atoms with Gasteiger partial charge in [-0.15, -0.1) is 0 Å². The second-order valence-corrected chi connectivity index (χ2v) is 3.66. The van der Waals surface area contributed by atoms with E-state index in [0.717, 1.165) is 11.1 Å². The van der Waals surface area contributed by atoms with Gasteiger partial charge in [0.25, 0.3) is 0 Å². The molecule has 0 fully saturated rings. The molecule has 0 aromatic heterocycles. The standard InChI is InChI=1S/C13H13NO4/c14-13(15)9-17-7-10-1-3-11(4-2-10)12-8-16-5-6-18-12/h1-6,8H,7,9H2,(H2,14,15). The maximum atomic E-state index is 10.5. The van der Waals surface area contributed by atoms with Crippen molar-refractivity contribution in [3.05, 3.63) is 54.2 Å². The van der Waals surface area contributed by atoms with Crippen LogP contribution in [-0.2, 0) is 25.6 Å². The maximum absolute atomic E-state index is 10.5. The first kappa shape index (κ1) is 12.2. The van der Waals surface area contributed by atoms with Crippen LogP contribution in [0.2, 0.25) is 0 Å². The first-order chi connectivity index (χ1) is 8.75. The van der Waals surface area contributed by atoms with Gasteiger partial charge in [-0.25, -0.2) is 0 Å². The zero-order chi connectivity index (χ0) is 12.8. The molecule has 2 N–H and O–H groups in total. The van der Waals surface area contributed by atoms with Gasteiger partial charge in [0.1, 0.15) is 25.4 Å². The monoisotopic (exact) mass is 247 g/mol. The molecule has 1 amide bonds. The van der Waals surface area contributed by atoms with E-state index in [1.165, 1.54) is 18.8 Å². The highest BCUT2D eigenvalue weighted by Crippen LogP contribution is 2.19. The number of nitrogens with two attached hydrogens (primary N) is 1. The van der Waals surface area contributed by atoms with Gasteiger partial charge in [0.2, 0.25) is 5.91 Å². The van der Waals surface area contributed by atoms with Crippen molar-refractivity contribution in [3.8, 4) is 0 Å². The highest BCUT2D eigenvalue weighted by molar-refractivity contribution is 5.74. The number of amides is 1. The highest BCUT2D eigenvalue weighted by atomic mass is 16.5. The maximum Gasteiger partial charge on any atom is 0.243 e. The molecule has 1 aliphatic rings. The Morgan fingerprint density at radius 1 is 1.22 bits per heavy atom. The lowest BCUT2D eigenvalue weighted by Crippen LogP contribution is -2.17. The summed E-state index contributed by atoms with van der Waals surface area (Å²) >= 11 is 0. The van der Waals surface area contributed by atoms with Crippen LogP contribution in [0.5, 0.6) is 0 Å². The summed E-state index contributed by atoms with van der Waals surface area (Å²) in [5.74, 6) is 0.165. The lowest BCUT2D eigenvalue weighted by atomic mass is 10.1. The molecular weight excluding hydrogens is 234 g/mol. The van der Waals surface area contributed by atoms with Gasteiger partial charge in [-0.05, 0) is 5.56 Å². The quantitative estimate of drug-likeness (QED) is 0.856. The summed E-state index contributed by atoms with van der Waals surface area (Å²) in [5, 5.41) is 0. The summed E-state index contributed by atoms with van der Waals surface area (Å²) < 4.78 is 15.4. The van der Waals surface area contributed by atoms with Gasteiger partial charge in [-0.2, -0.15) is 0 Å². The van der Waals surface area contributed by atoms with Crippen LogP contribution < -0.4 is 5.73 Å². The molecule has 94 valence electrons. The minimum absolute atomic E-state index is 0.0748. The fourth-order valence-corrected chi connectivity index (χ4v) is 1.43. The van der Waals surface area contributed by atoms with E-state index in [1.54, 1.807) is 0 Å². The molecule has 0 aliphatic carbocycles. The van der Waals surface area contributed by atoms with E-state index >= 15 is 0 Å². The van der Waals surface area contributed by atoms with Crippen LogP contribution in [-0.4, -0.2) is 12.5 Å². The van der Waals surface area contributed by atoms with Gasteiger partial charge in [0.05, 0.1) is 6.61 Å². The SMILES string of the molecule is NC(=O)COCc1ccc(C2=COC=CO2)cc1. The molecule has 1 heterocycles. The fourth-order valence-electron chi connectivity index (χ4n) is 1.43. The molecule has 0 spiro atoms. The van der Waals surface area contributed by atoms with Crippen LogP contribution in [0.1, 0.15) is 11.1 Å². The molecule has 0 saturated carbocycles. The van der Waals surface area contributed by atoms with Gasteiger partial charge >= 0.3 is 0 Å². The Kier molecular flexibility index (Phi) is 3.98. The third-order valence-corrected chi connectivity index (χ3v) is 2.26. The molecule has 0 saturated heterocycles. The second kappa shape index (κ2) is 5.88. The number of benzene rings is 1. The van der Waals surface area contributed by atoms with Gasteiger partial charge < -0.3 is 19.9 Å². The van der Waals surface area contributed by atoms with Crippen LogP contribution in [0, 0.1) is 0 Å². The predicted molar refractivity (Wildman–Crippen MR) is 64.6 cm³/mol. The van der Waals surface area contributed by atoms with E-state index in [1.807, 2.05) is 24.3 Å². The van der Waals surface area contributed by atoms with Crippen molar-refractivity contribution in [2.45, 2.75) is 6.61 Å². The molecule has 0 bridgehead atoms. The second-order valence-electron chi connectivity index (χ2n) is 3.66. The minimum Gasteiger partial charge on any atom is -0.465 e. The van der Waals surface area contributed by atoms with Gasteiger partial charge in [-0.3, -0.25) is 4.79 Å². The molecule has 1 aliphatic heterocycles. The van der Waals surface area contributed by atoms with Crippen molar-refractivity contribution in [2.75, 3.05) is 6.61 Å². The van der Waals surface area contributed by atoms with E-state index in [-0.39, 0.29) is 6.61 Å². The summed E-state index contributed by atoms with van der Waals surface area (Å²) in [6.45, 7) is 0.272. The summed E-state index contributed by atoms with van der Waals surface area (Å²) in [6, 6.07) is 7.55. The number of carbonyl (C=O) groups excluding carboxylic acids is 1. The summed E-state index contributed by atoms with van der Waals surface area (Å²) in [7, 11) is 0. The van der Waals surface area contributed by atoms with Crippen LogP contribution in [0.3, 0.4) is 0 Å². The Morgan fingerprint density at radius 3 is 2.61 bits per heavy atom. The zero-order valence-electron chi connectivity index (χ0n) is 9.67. The van der Waals surface area contributed by atoms with Crippen LogP contribution >= 0.6 is 0 Å². The molecule has 0 atom stereocenters. The van der Waals surface area contributed by atoms with Crippen LogP contribution in [0.15, 0.2) is 43.1 Å². The lowest BCUT2D eigenvalue weighted by Gasteiger charge is -2.10. The molecule has 5 nitrogen and oxygen atoms in total. The molecule has 0 radical (unpaired) electrons. The number of hydrogen-bond acceptors (Lipinski definition) is 4. The number of carbonyl (C=O) groups is 1. The van der Waals surface area contributed by atoms with E-state index < -0.39 is 5.91 Å². The number of ether oxygens (including phenoxy) is 3. The third-order valence-electron chi connectivity index (χ3n) is 2.26. The van der Waals surface area contributed by atoms with Gasteiger partial charge in [0.15, 0.2) is 5.76 Å². The average molecular weight is 247 g/mol. The molecular formula is C13H13NO4. The third kappa shape index (κ3) is 3.36. The first-order valence-corrected chi connectivity index (χ1v) is 5.38. The van der Waals surface area contributed by atoms with Crippen LogP contribution in [0.25, 0.3) is 5.76 Å². The first-order valence-electron chi connectivity index (χ1n) is 5.38. The van der Waals surface area contributed by atoms with Crippen molar-refractivity contribution in [1.29, 1.82) is 0 Å². The van der Waals surface area contributed by atoms with Gasteiger partial charge in [-0.1, -0.05) is 24.3 Å². The Bertz CT molecular complexity index is 476. The molecule has 1 aromatic carbocycles. The van der Waals surface area contributed by atoms with E-state index in [9.17, 15) is 4.79 Å². The Morgan fingerprint density at radius 2 is 2.00 bits per heavy atom. The van der Waals surface area contributed by atoms with Gasteiger partial charge in [0, 0.05) is 5.56 Å². The smallest absolute Gasteiger partial charge is 0.243 e. The average Bonchev–Trinajstić information content (AvgIpc) is 2.40. The highest BCUT2D eigenvalue weighted by Gasteiger charge is 2.05. The number of primary amides is 1. The molecule has 5 heteroatoms. The fraction of sp³-hybridized carbons (Fsp3) is 0.154. The summed E-state index contributed by atoms with van der Waals surface area (Å²) in [5.41, 5.74) is 6.82. The summed E-state index contributed by atoms with van der Waals surface area (Å²) in [4.78, 5) is 10.5. The molecule has 0 unspecified atom stereocenters. The Hall–Kier alpha value is -2.27. The van der Waals surface area contributed by atoms with Crippen molar-refractivity contribution >= 4 is 11.7 Å². The van der Waals surface area contributed by atoms with E-state index in [0.29, 0.717) is 12.4 Å². The topological polar surface area (TPSA) is 70.8 Å². The number of hydrogen-bond donors (Lipinski definition) is 1. The predicted octanol–water partition coefficient (Wildman–Crippen LogP) is 1.50. The van der Waals surface area contributed by atoms with E-state index in [4.69, 9.17) is 19.9 Å².